The van der Waals surface area contributed by atoms with Gasteiger partial charge in [-0.3, -0.25) is 4.79 Å². The Labute approximate surface area is 49.3 Å². The van der Waals surface area contributed by atoms with Crippen LogP contribution in [-0.4, -0.2) is 23.7 Å². The maximum atomic E-state index is 11.2. The van der Waals surface area contributed by atoms with Gasteiger partial charge in [0.1, 0.15) is 13.0 Å². The molecule has 54 valence electrons. The van der Waals surface area contributed by atoms with E-state index in [1.54, 1.807) is 0 Å². The molecule has 0 spiro atoms. The van der Waals surface area contributed by atoms with Crippen LogP contribution in [0.2, 0.25) is 0 Å². The van der Waals surface area contributed by atoms with Gasteiger partial charge in [0.25, 0.3) is 0 Å². The third-order valence-electron chi connectivity index (χ3n) is 0.574. The van der Waals surface area contributed by atoms with Gasteiger partial charge in [0.15, 0.2) is 5.78 Å². The summed E-state index contributed by atoms with van der Waals surface area (Å²) in [6.45, 7) is -1.04. The van der Waals surface area contributed by atoms with Crippen LogP contribution >= 0.6 is 0 Å². The Balaban J connectivity index is 3.60. The maximum Gasteiger partial charge on any atom is 0.395 e. The lowest BCUT2D eigenvalue weighted by atomic mass is 10.3. The van der Waals surface area contributed by atoms with Crippen LogP contribution in [0.4, 0.5) is 13.2 Å². The molecule has 0 rings (SSSR count). The first-order valence-electron chi connectivity index (χ1n) is 2.15. The van der Waals surface area contributed by atoms with Gasteiger partial charge >= 0.3 is 6.18 Å². The summed E-state index contributed by atoms with van der Waals surface area (Å²) >= 11 is 0. The molecule has 0 bridgehead atoms. The van der Waals surface area contributed by atoms with Gasteiger partial charge in [0.2, 0.25) is 0 Å². The fraction of sp³-hybridized carbons (Fsp3) is 0.750. The van der Waals surface area contributed by atoms with Gasteiger partial charge in [-0.15, -0.1) is 0 Å². The van der Waals surface area contributed by atoms with Gasteiger partial charge in [-0.2, -0.15) is 13.2 Å². The number of carbonyl (C=O) groups is 1. The van der Waals surface area contributed by atoms with E-state index in [1.165, 1.54) is 0 Å². The Morgan fingerprint density at radius 2 is 1.89 bits per heavy atom. The number of rotatable bonds is 2. The topological polar surface area (TPSA) is 37.3 Å². The molecular weight excluding hydrogens is 137 g/mol. The lowest BCUT2D eigenvalue weighted by molar-refractivity contribution is -0.154. The molecule has 0 aliphatic heterocycles. The summed E-state index contributed by atoms with van der Waals surface area (Å²) in [5, 5.41) is 7.85. The van der Waals surface area contributed by atoms with Crippen molar-refractivity contribution in [2.75, 3.05) is 6.61 Å². The molecule has 0 unspecified atom stereocenters. The molecule has 0 aliphatic rings. The summed E-state index contributed by atoms with van der Waals surface area (Å²) < 4.78 is 33.5. The SMILES string of the molecule is O=C(CO)CC(F)(F)F. The number of aliphatic hydroxyl groups is 1. The Kier molecular flexibility index (Phi) is 2.64. The smallest absolute Gasteiger partial charge is 0.389 e. The van der Waals surface area contributed by atoms with Crippen molar-refractivity contribution in [2.45, 2.75) is 12.6 Å². The number of halogens is 3. The summed E-state index contributed by atoms with van der Waals surface area (Å²) in [6, 6.07) is 0. The molecule has 0 aromatic rings. The highest BCUT2D eigenvalue weighted by Crippen LogP contribution is 2.19. The van der Waals surface area contributed by atoms with E-state index in [9.17, 15) is 18.0 Å². The number of aliphatic hydroxyl groups excluding tert-OH is 1. The zero-order chi connectivity index (χ0) is 7.49. The van der Waals surface area contributed by atoms with E-state index < -0.39 is 25.0 Å². The number of alkyl halides is 3. The molecule has 0 aromatic carbocycles. The molecule has 0 atom stereocenters. The lowest BCUT2D eigenvalue weighted by Gasteiger charge is -2.01. The third-order valence-corrected chi connectivity index (χ3v) is 0.574. The van der Waals surface area contributed by atoms with E-state index in [1.807, 2.05) is 0 Å². The molecule has 9 heavy (non-hydrogen) atoms. The van der Waals surface area contributed by atoms with Crippen LogP contribution < -0.4 is 0 Å². The molecule has 5 heteroatoms. The number of hydrogen-bond acceptors (Lipinski definition) is 2. The minimum atomic E-state index is -4.49. The largest absolute Gasteiger partial charge is 0.395 e. The Hall–Kier alpha value is -0.580. The van der Waals surface area contributed by atoms with Crippen LogP contribution in [0.15, 0.2) is 0 Å². The van der Waals surface area contributed by atoms with Crippen molar-refractivity contribution < 1.29 is 23.1 Å². The molecule has 0 aliphatic carbocycles. The molecule has 0 saturated heterocycles. The van der Waals surface area contributed by atoms with Crippen LogP contribution in [0, 0.1) is 0 Å². The van der Waals surface area contributed by atoms with Gasteiger partial charge < -0.3 is 5.11 Å². The van der Waals surface area contributed by atoms with Crippen LogP contribution in [0.1, 0.15) is 6.42 Å². The quantitative estimate of drug-likeness (QED) is 0.609. The average molecular weight is 142 g/mol. The molecular formula is C4H5F3O2. The van der Waals surface area contributed by atoms with Crippen molar-refractivity contribution in [2.24, 2.45) is 0 Å². The second-order valence-corrected chi connectivity index (χ2v) is 1.49. The first-order chi connectivity index (χ1) is 3.95. The summed E-state index contributed by atoms with van der Waals surface area (Å²) in [5.74, 6) is -1.21. The highest BCUT2D eigenvalue weighted by Gasteiger charge is 2.30. The minimum Gasteiger partial charge on any atom is -0.389 e. The van der Waals surface area contributed by atoms with E-state index in [4.69, 9.17) is 5.11 Å². The van der Waals surface area contributed by atoms with E-state index in [2.05, 4.69) is 0 Å². The van der Waals surface area contributed by atoms with Gasteiger partial charge in [-0.25, -0.2) is 0 Å². The molecule has 0 heterocycles. The second-order valence-electron chi connectivity index (χ2n) is 1.49. The Morgan fingerprint density at radius 1 is 1.44 bits per heavy atom. The summed E-state index contributed by atoms with van der Waals surface area (Å²) in [5.41, 5.74) is 0. The van der Waals surface area contributed by atoms with Gasteiger partial charge in [-0.1, -0.05) is 0 Å². The molecule has 0 radical (unpaired) electrons. The summed E-state index contributed by atoms with van der Waals surface area (Å²) in [6.07, 6.45) is -6.02. The highest BCUT2D eigenvalue weighted by atomic mass is 19.4. The van der Waals surface area contributed by atoms with Crippen molar-refractivity contribution in [3.05, 3.63) is 0 Å². The predicted molar refractivity (Wildman–Crippen MR) is 22.8 cm³/mol. The van der Waals surface area contributed by atoms with Crippen molar-refractivity contribution >= 4 is 5.78 Å². The van der Waals surface area contributed by atoms with Crippen LogP contribution in [0.25, 0.3) is 0 Å². The zero-order valence-corrected chi connectivity index (χ0v) is 4.40. The molecule has 2 nitrogen and oxygen atoms in total. The van der Waals surface area contributed by atoms with Crippen LogP contribution in [-0.2, 0) is 4.79 Å². The number of hydrogen-bond donors (Lipinski definition) is 1. The fourth-order valence-corrected chi connectivity index (χ4v) is 0.279. The lowest BCUT2D eigenvalue weighted by Crippen LogP contribution is -2.17. The standard InChI is InChI=1S/C4H5F3O2/c5-4(6,7)1-3(9)2-8/h8H,1-2H2. The number of carbonyl (C=O) groups excluding carboxylic acids is 1. The normalized spacial score (nSPS) is 11.6. The van der Waals surface area contributed by atoms with Crippen molar-refractivity contribution in [1.29, 1.82) is 0 Å². The Bertz CT molecular complexity index is 107. The maximum absolute atomic E-state index is 11.2. The zero-order valence-electron chi connectivity index (χ0n) is 4.40. The summed E-state index contributed by atoms with van der Waals surface area (Å²) in [4.78, 5) is 9.86. The molecule has 0 aromatic heterocycles. The van der Waals surface area contributed by atoms with Crippen molar-refractivity contribution in [3.8, 4) is 0 Å². The van der Waals surface area contributed by atoms with E-state index >= 15 is 0 Å². The number of ketones is 1. The average Bonchev–Trinajstić information content (AvgIpc) is 1.62. The summed E-state index contributed by atoms with van der Waals surface area (Å²) in [7, 11) is 0. The highest BCUT2D eigenvalue weighted by molar-refractivity contribution is 5.79. The van der Waals surface area contributed by atoms with E-state index in [0.717, 1.165) is 0 Å². The van der Waals surface area contributed by atoms with Gasteiger partial charge in [0, 0.05) is 0 Å². The first-order valence-corrected chi connectivity index (χ1v) is 2.15. The first kappa shape index (κ1) is 8.42. The van der Waals surface area contributed by atoms with E-state index in [0.29, 0.717) is 0 Å². The molecule has 0 fully saturated rings. The van der Waals surface area contributed by atoms with E-state index in [-0.39, 0.29) is 0 Å². The molecule has 1 N–H and O–H groups in total. The monoisotopic (exact) mass is 142 g/mol. The second kappa shape index (κ2) is 2.82. The fourth-order valence-electron chi connectivity index (χ4n) is 0.279. The minimum absolute atomic E-state index is 1.04. The Morgan fingerprint density at radius 3 is 2.00 bits per heavy atom. The van der Waals surface area contributed by atoms with Crippen LogP contribution in [0.5, 0.6) is 0 Å². The molecule has 0 saturated carbocycles. The van der Waals surface area contributed by atoms with Gasteiger partial charge in [-0.05, 0) is 0 Å². The van der Waals surface area contributed by atoms with Crippen molar-refractivity contribution in [1.82, 2.24) is 0 Å². The number of Topliss-reactive ketones (excluding diaryl/α,β-unsaturated/α-hetero) is 1. The predicted octanol–water partition coefficient (Wildman–Crippen LogP) is 0.500. The van der Waals surface area contributed by atoms with Crippen LogP contribution in [0.3, 0.4) is 0 Å². The molecule has 0 amide bonds. The van der Waals surface area contributed by atoms with Gasteiger partial charge in [0.05, 0.1) is 0 Å². The third kappa shape index (κ3) is 5.29. The van der Waals surface area contributed by atoms with Crippen molar-refractivity contribution in [3.63, 3.8) is 0 Å².